The number of nitrogens with zero attached hydrogens (tertiary/aromatic N) is 3. The van der Waals surface area contributed by atoms with E-state index in [0.29, 0.717) is 5.95 Å². The molecule has 0 amide bonds. The molecule has 0 aliphatic rings. The van der Waals surface area contributed by atoms with Gasteiger partial charge < -0.3 is 10.2 Å². The fraction of sp³-hybridized carbons (Fsp3) is 0.250. The molecule has 0 aliphatic carbocycles. The number of rotatable bonds is 5. The molecule has 108 valence electrons. The Balaban J connectivity index is 2.01. The molecule has 21 heavy (non-hydrogen) atoms. The Bertz CT molecular complexity index is 723. The Morgan fingerprint density at radius 2 is 1.95 bits per heavy atom. The minimum Gasteiger partial charge on any atom is -0.357 e. The number of hydrogen-bond acceptors (Lipinski definition) is 5. The maximum Gasteiger partial charge on any atom is 0.225 e. The molecule has 0 unspecified atom stereocenters. The first-order valence-corrected chi connectivity index (χ1v) is 7.91. The van der Waals surface area contributed by atoms with E-state index in [9.17, 15) is 0 Å². The van der Waals surface area contributed by atoms with Crippen LogP contribution in [0, 0.1) is 0 Å². The second-order valence-corrected chi connectivity index (χ2v) is 5.65. The highest BCUT2D eigenvalue weighted by molar-refractivity contribution is 7.16. The third-order valence-electron chi connectivity index (χ3n) is 3.43. The van der Waals surface area contributed by atoms with Gasteiger partial charge in [0.05, 0.1) is 5.39 Å². The lowest BCUT2D eigenvalue weighted by Gasteiger charge is -2.23. The smallest absolute Gasteiger partial charge is 0.225 e. The van der Waals surface area contributed by atoms with E-state index < -0.39 is 0 Å². The summed E-state index contributed by atoms with van der Waals surface area (Å²) in [4.78, 5) is 12.5. The van der Waals surface area contributed by atoms with Crippen LogP contribution in [0.25, 0.3) is 10.2 Å². The average Bonchev–Trinajstić information content (AvgIpc) is 3.01. The Hall–Kier alpha value is -2.14. The lowest BCUT2D eigenvalue weighted by atomic mass is 10.2. The van der Waals surface area contributed by atoms with Crippen LogP contribution in [0.1, 0.15) is 12.5 Å². The van der Waals surface area contributed by atoms with Gasteiger partial charge in [-0.25, -0.2) is 4.98 Å². The average molecular weight is 298 g/mol. The van der Waals surface area contributed by atoms with Gasteiger partial charge in [0.15, 0.2) is 0 Å². The summed E-state index contributed by atoms with van der Waals surface area (Å²) < 4.78 is 0. The molecule has 1 aromatic carbocycles. The van der Waals surface area contributed by atoms with Crippen molar-refractivity contribution in [1.82, 2.24) is 9.97 Å². The van der Waals surface area contributed by atoms with Crippen molar-refractivity contribution in [3.63, 3.8) is 0 Å². The van der Waals surface area contributed by atoms with E-state index >= 15 is 0 Å². The lowest BCUT2D eigenvalue weighted by molar-refractivity contribution is 0.817. The van der Waals surface area contributed by atoms with Crippen molar-refractivity contribution >= 4 is 33.3 Å². The number of fused-ring (bicyclic) bond motifs is 1. The minimum absolute atomic E-state index is 0.673. The van der Waals surface area contributed by atoms with E-state index in [0.717, 1.165) is 29.1 Å². The molecule has 3 aromatic rings. The van der Waals surface area contributed by atoms with Gasteiger partial charge in [-0.1, -0.05) is 30.3 Å². The van der Waals surface area contributed by atoms with Crippen molar-refractivity contribution in [2.75, 3.05) is 23.8 Å². The molecule has 2 heterocycles. The van der Waals surface area contributed by atoms with E-state index in [1.807, 2.05) is 13.1 Å². The summed E-state index contributed by atoms with van der Waals surface area (Å²) in [7, 11) is 1.85. The van der Waals surface area contributed by atoms with Crippen molar-refractivity contribution in [3.8, 4) is 0 Å². The first kappa shape index (κ1) is 13.8. The van der Waals surface area contributed by atoms with Gasteiger partial charge in [-0.2, -0.15) is 4.98 Å². The number of benzene rings is 1. The molecule has 0 saturated carbocycles. The SMILES string of the molecule is CCN(Cc1ccccc1)c1nc(NC)nc2sccc12. The van der Waals surface area contributed by atoms with Crippen LogP contribution in [-0.2, 0) is 6.54 Å². The highest BCUT2D eigenvalue weighted by atomic mass is 32.1. The highest BCUT2D eigenvalue weighted by Gasteiger charge is 2.14. The molecule has 2 aromatic heterocycles. The first-order valence-electron chi connectivity index (χ1n) is 7.03. The van der Waals surface area contributed by atoms with Gasteiger partial charge in [0.1, 0.15) is 10.6 Å². The quantitative estimate of drug-likeness (QED) is 0.778. The van der Waals surface area contributed by atoms with Crippen LogP contribution in [-0.4, -0.2) is 23.6 Å². The molecule has 0 saturated heterocycles. The van der Waals surface area contributed by atoms with E-state index in [2.05, 4.69) is 62.8 Å². The summed E-state index contributed by atoms with van der Waals surface area (Å²) in [5, 5.41) is 6.24. The second-order valence-electron chi connectivity index (χ2n) is 4.76. The highest BCUT2D eigenvalue weighted by Crippen LogP contribution is 2.29. The zero-order valence-electron chi connectivity index (χ0n) is 12.2. The van der Waals surface area contributed by atoms with Crippen molar-refractivity contribution in [1.29, 1.82) is 0 Å². The summed E-state index contributed by atoms with van der Waals surface area (Å²) in [5.74, 6) is 1.67. The van der Waals surface area contributed by atoms with Gasteiger partial charge in [-0.3, -0.25) is 0 Å². The van der Waals surface area contributed by atoms with Gasteiger partial charge in [0.2, 0.25) is 5.95 Å². The molecule has 1 N–H and O–H groups in total. The summed E-state index contributed by atoms with van der Waals surface area (Å²) in [5.41, 5.74) is 1.28. The molecule has 0 bridgehead atoms. The van der Waals surface area contributed by atoms with Crippen LogP contribution >= 0.6 is 11.3 Å². The summed E-state index contributed by atoms with van der Waals surface area (Å²) >= 11 is 1.65. The molecule has 3 rings (SSSR count). The van der Waals surface area contributed by atoms with Crippen LogP contribution in [0.3, 0.4) is 0 Å². The van der Waals surface area contributed by atoms with Crippen molar-refractivity contribution in [2.24, 2.45) is 0 Å². The minimum atomic E-state index is 0.673. The van der Waals surface area contributed by atoms with Gasteiger partial charge in [-0.05, 0) is 23.9 Å². The maximum atomic E-state index is 4.67. The van der Waals surface area contributed by atoms with Crippen LogP contribution in [0.5, 0.6) is 0 Å². The van der Waals surface area contributed by atoms with Crippen LogP contribution in [0.4, 0.5) is 11.8 Å². The van der Waals surface area contributed by atoms with Crippen LogP contribution in [0.2, 0.25) is 0 Å². The van der Waals surface area contributed by atoms with Crippen molar-refractivity contribution in [2.45, 2.75) is 13.5 Å². The zero-order chi connectivity index (χ0) is 14.7. The summed E-state index contributed by atoms with van der Waals surface area (Å²) in [6.07, 6.45) is 0. The molecule has 0 aliphatic heterocycles. The Kier molecular flexibility index (Phi) is 4.01. The summed E-state index contributed by atoms with van der Waals surface area (Å²) in [6, 6.07) is 12.6. The fourth-order valence-electron chi connectivity index (χ4n) is 2.33. The van der Waals surface area contributed by atoms with Gasteiger partial charge in [-0.15, -0.1) is 11.3 Å². The van der Waals surface area contributed by atoms with Crippen molar-refractivity contribution in [3.05, 3.63) is 47.3 Å². The Morgan fingerprint density at radius 3 is 2.67 bits per heavy atom. The monoisotopic (exact) mass is 298 g/mol. The number of anilines is 2. The van der Waals surface area contributed by atoms with E-state index in [4.69, 9.17) is 0 Å². The zero-order valence-corrected chi connectivity index (χ0v) is 13.0. The Morgan fingerprint density at radius 1 is 1.14 bits per heavy atom. The largest absolute Gasteiger partial charge is 0.357 e. The summed E-state index contributed by atoms with van der Waals surface area (Å²) in [6.45, 7) is 3.91. The third-order valence-corrected chi connectivity index (χ3v) is 4.23. The molecule has 0 spiro atoms. The molecule has 0 radical (unpaired) electrons. The molecule has 0 atom stereocenters. The molecule has 4 nitrogen and oxygen atoms in total. The predicted molar refractivity (Wildman–Crippen MR) is 90.1 cm³/mol. The normalized spacial score (nSPS) is 10.8. The lowest BCUT2D eigenvalue weighted by Crippen LogP contribution is -2.23. The first-order chi connectivity index (χ1) is 10.3. The van der Waals surface area contributed by atoms with Crippen LogP contribution < -0.4 is 10.2 Å². The second kappa shape index (κ2) is 6.10. The number of nitrogens with one attached hydrogen (secondary N) is 1. The Labute approximate surface area is 128 Å². The maximum absolute atomic E-state index is 4.67. The molecule has 5 heteroatoms. The molecule has 0 fully saturated rings. The van der Waals surface area contributed by atoms with Gasteiger partial charge >= 0.3 is 0 Å². The van der Waals surface area contributed by atoms with E-state index in [-0.39, 0.29) is 0 Å². The van der Waals surface area contributed by atoms with Gasteiger partial charge in [0.25, 0.3) is 0 Å². The van der Waals surface area contributed by atoms with Gasteiger partial charge in [0, 0.05) is 20.1 Å². The van der Waals surface area contributed by atoms with E-state index in [1.54, 1.807) is 11.3 Å². The standard InChI is InChI=1S/C16H18N4S/c1-3-20(11-12-7-5-4-6-8-12)14-13-9-10-21-15(13)19-16(17-2)18-14/h4-10H,3,11H2,1-2H3,(H,17,18,19). The predicted octanol–water partition coefficient (Wildman–Crippen LogP) is 3.76. The van der Waals surface area contributed by atoms with Crippen molar-refractivity contribution < 1.29 is 0 Å². The molecular formula is C16H18N4S. The fourth-order valence-corrected chi connectivity index (χ4v) is 3.09. The van der Waals surface area contributed by atoms with Crippen LogP contribution in [0.15, 0.2) is 41.8 Å². The molecular weight excluding hydrogens is 280 g/mol. The number of hydrogen-bond donors (Lipinski definition) is 1. The number of aromatic nitrogens is 2. The topological polar surface area (TPSA) is 41.1 Å². The van der Waals surface area contributed by atoms with E-state index in [1.165, 1.54) is 5.56 Å². The third kappa shape index (κ3) is 2.83. The number of thiophene rings is 1.